The minimum Gasteiger partial charge on any atom is -0.368 e. The molecule has 1 saturated heterocycles. The summed E-state index contributed by atoms with van der Waals surface area (Å²) in [6.07, 6.45) is -3.42. The molecule has 9 nitrogen and oxygen atoms in total. The Bertz CT molecular complexity index is 1850. The largest absolute Gasteiger partial charge is 0.368 e. The highest BCUT2D eigenvalue weighted by Gasteiger charge is 2.51. The zero-order valence-corrected chi connectivity index (χ0v) is 29.9. The van der Waals surface area contributed by atoms with Crippen LogP contribution in [0.3, 0.4) is 0 Å². The first kappa shape index (κ1) is 37.1. The second-order valence-electron chi connectivity index (χ2n) is 12.7. The van der Waals surface area contributed by atoms with Gasteiger partial charge in [-0.05, 0) is 27.8 Å². The molecule has 0 aliphatic carbocycles. The van der Waals surface area contributed by atoms with E-state index in [1.54, 1.807) is 0 Å². The summed E-state index contributed by atoms with van der Waals surface area (Å²) in [6.45, 7) is 1.48. The van der Waals surface area contributed by atoms with Crippen LogP contribution in [-0.4, -0.2) is 57.8 Å². The second kappa shape index (κ2) is 17.2. The van der Waals surface area contributed by atoms with Gasteiger partial charge in [-0.25, -0.2) is 0 Å². The number of amides is 1. The molecule has 0 saturated carbocycles. The van der Waals surface area contributed by atoms with Crippen molar-refractivity contribution in [3.8, 4) is 0 Å². The molecule has 10 heteroatoms. The van der Waals surface area contributed by atoms with E-state index in [1.165, 1.54) is 6.92 Å². The number of hydrogen-bond donors (Lipinski definition) is 1. The highest BCUT2D eigenvalue weighted by molar-refractivity contribution is 7.86. The summed E-state index contributed by atoms with van der Waals surface area (Å²) in [5.41, 5.74) is 3.15. The number of rotatable bonds is 15. The zero-order chi connectivity index (χ0) is 36.4. The summed E-state index contributed by atoms with van der Waals surface area (Å²) in [6, 6.07) is 47.6. The van der Waals surface area contributed by atoms with Crippen molar-refractivity contribution in [1.29, 1.82) is 0 Å². The molecule has 0 aromatic heterocycles. The highest BCUT2D eigenvalue weighted by Crippen LogP contribution is 2.41. The van der Waals surface area contributed by atoms with Crippen molar-refractivity contribution in [3.63, 3.8) is 0 Å². The molecule has 6 rings (SSSR count). The maximum atomic E-state index is 13.0. The maximum absolute atomic E-state index is 13.0. The minimum atomic E-state index is -4.08. The van der Waals surface area contributed by atoms with Crippen LogP contribution >= 0.6 is 0 Å². The molecule has 52 heavy (non-hydrogen) atoms. The molecule has 5 aromatic carbocycles. The van der Waals surface area contributed by atoms with Gasteiger partial charge in [-0.15, -0.1) is 0 Å². The van der Waals surface area contributed by atoms with Crippen LogP contribution in [-0.2, 0) is 56.9 Å². The van der Waals surface area contributed by atoms with Gasteiger partial charge in [0, 0.05) is 6.92 Å². The lowest BCUT2D eigenvalue weighted by Gasteiger charge is -2.46. The topological polar surface area (TPSA) is 109 Å². The average molecular weight is 722 g/mol. The van der Waals surface area contributed by atoms with Crippen molar-refractivity contribution in [2.75, 3.05) is 12.9 Å². The van der Waals surface area contributed by atoms with Crippen LogP contribution in [0.25, 0.3) is 0 Å². The van der Waals surface area contributed by atoms with Crippen molar-refractivity contribution in [1.82, 2.24) is 5.32 Å². The van der Waals surface area contributed by atoms with Crippen LogP contribution in [0, 0.1) is 0 Å². The summed E-state index contributed by atoms with van der Waals surface area (Å²) < 4.78 is 58.4. The second-order valence-corrected chi connectivity index (χ2v) is 14.3. The van der Waals surface area contributed by atoms with Crippen molar-refractivity contribution in [3.05, 3.63) is 179 Å². The zero-order valence-electron chi connectivity index (χ0n) is 29.1. The Morgan fingerprint density at radius 1 is 0.654 bits per heavy atom. The van der Waals surface area contributed by atoms with E-state index in [4.69, 9.17) is 23.1 Å². The van der Waals surface area contributed by atoms with E-state index in [0.29, 0.717) is 0 Å². The first-order valence-electron chi connectivity index (χ1n) is 17.2. The summed E-state index contributed by atoms with van der Waals surface area (Å²) >= 11 is 0. The first-order valence-corrected chi connectivity index (χ1v) is 19.0. The number of hydrogen-bond acceptors (Lipinski definition) is 8. The van der Waals surface area contributed by atoms with Gasteiger partial charge in [-0.1, -0.05) is 152 Å². The molecule has 1 aliphatic rings. The van der Waals surface area contributed by atoms with E-state index in [9.17, 15) is 13.2 Å². The number of benzene rings is 5. The number of nitrogens with one attached hydrogen (secondary N) is 1. The average Bonchev–Trinajstić information content (AvgIpc) is 3.16. The van der Waals surface area contributed by atoms with Gasteiger partial charge in [0.05, 0.1) is 26.1 Å². The quantitative estimate of drug-likeness (QED) is 0.0982. The first-order chi connectivity index (χ1) is 25.2. The molecule has 1 N–H and O–H groups in total. The molecule has 1 heterocycles. The van der Waals surface area contributed by atoms with Gasteiger partial charge in [-0.3, -0.25) is 8.98 Å². The molecule has 5 atom stereocenters. The third-order valence-corrected chi connectivity index (χ3v) is 9.42. The molecule has 2 unspecified atom stereocenters. The van der Waals surface area contributed by atoms with Crippen LogP contribution < -0.4 is 5.32 Å². The highest BCUT2D eigenvalue weighted by atomic mass is 32.2. The number of carbonyl (C=O) groups excluding carboxylic acids is 1. The van der Waals surface area contributed by atoms with Crippen molar-refractivity contribution in [2.45, 2.75) is 56.4 Å². The van der Waals surface area contributed by atoms with Gasteiger partial charge in [-0.2, -0.15) is 8.42 Å². The predicted octanol–water partition coefficient (Wildman–Crippen LogP) is 6.37. The van der Waals surface area contributed by atoms with Gasteiger partial charge >= 0.3 is 0 Å². The van der Waals surface area contributed by atoms with Crippen LogP contribution in [0.5, 0.6) is 0 Å². The molecule has 0 spiro atoms. The molecule has 1 aliphatic heterocycles. The SMILES string of the molecule is CC(=O)NC1[C@@H](OCc2ccccc2)OC(COC(c2ccccc2)(c2ccccc2)c2ccccc2)[C@@H](OS(C)(=O)=O)[C@@H]1OCc1ccccc1. The third kappa shape index (κ3) is 9.21. The lowest BCUT2D eigenvalue weighted by molar-refractivity contribution is -0.282. The molecular formula is C42H43NO8S. The Morgan fingerprint density at radius 3 is 1.50 bits per heavy atom. The van der Waals surface area contributed by atoms with Crippen LogP contribution in [0.1, 0.15) is 34.7 Å². The van der Waals surface area contributed by atoms with Gasteiger partial charge in [0.1, 0.15) is 30.0 Å². The van der Waals surface area contributed by atoms with Crippen LogP contribution in [0.2, 0.25) is 0 Å². The van der Waals surface area contributed by atoms with E-state index < -0.39 is 46.4 Å². The standard InChI is InChI=1S/C42H43NO8S/c1-31(44)43-38-40(47-28-32-18-8-3-9-19-32)39(51-52(2,45)46)37(50-41(38)48-29-33-20-10-4-11-21-33)30-49-42(34-22-12-5-13-23-34,35-24-14-6-15-25-35)36-26-16-7-17-27-36/h3-27,37-41H,28-30H2,1-2H3,(H,43,44)/t37?,38?,39-,40-,41+/m1/s1. The Morgan fingerprint density at radius 2 is 1.08 bits per heavy atom. The Hall–Kier alpha value is -4.68. The molecule has 270 valence electrons. The van der Waals surface area contributed by atoms with Crippen molar-refractivity contribution < 1.29 is 36.3 Å². The van der Waals surface area contributed by atoms with Gasteiger partial charge < -0.3 is 24.3 Å². The molecule has 0 radical (unpaired) electrons. The third-order valence-electron chi connectivity index (χ3n) is 8.85. The van der Waals surface area contributed by atoms with E-state index in [0.717, 1.165) is 34.1 Å². The number of carbonyl (C=O) groups is 1. The van der Waals surface area contributed by atoms with E-state index in [1.807, 2.05) is 152 Å². The predicted molar refractivity (Wildman–Crippen MR) is 197 cm³/mol. The fraction of sp³-hybridized carbons (Fsp3) is 0.262. The van der Waals surface area contributed by atoms with E-state index in [2.05, 4.69) is 5.32 Å². The van der Waals surface area contributed by atoms with Crippen molar-refractivity contribution >= 4 is 16.0 Å². The monoisotopic (exact) mass is 721 g/mol. The fourth-order valence-electron chi connectivity index (χ4n) is 6.58. The Kier molecular flexibility index (Phi) is 12.3. The van der Waals surface area contributed by atoms with Crippen molar-refractivity contribution in [2.24, 2.45) is 0 Å². The fourth-order valence-corrected chi connectivity index (χ4v) is 7.22. The minimum absolute atomic E-state index is 0.103. The maximum Gasteiger partial charge on any atom is 0.264 e. The van der Waals surface area contributed by atoms with E-state index in [-0.39, 0.29) is 25.7 Å². The molecule has 1 fully saturated rings. The van der Waals surface area contributed by atoms with Crippen LogP contribution in [0.4, 0.5) is 0 Å². The Balaban J connectivity index is 1.43. The molecule has 5 aromatic rings. The Labute approximate surface area is 305 Å². The van der Waals surface area contributed by atoms with Crippen LogP contribution in [0.15, 0.2) is 152 Å². The summed E-state index contributed by atoms with van der Waals surface area (Å²) in [7, 11) is -4.08. The van der Waals surface area contributed by atoms with Gasteiger partial charge in [0.2, 0.25) is 5.91 Å². The van der Waals surface area contributed by atoms with Gasteiger partial charge in [0.15, 0.2) is 6.29 Å². The molecule has 1 amide bonds. The lowest BCUT2D eigenvalue weighted by Crippen LogP contribution is -2.66. The summed E-state index contributed by atoms with van der Waals surface area (Å²) in [4.78, 5) is 12.7. The molecule has 0 bridgehead atoms. The van der Waals surface area contributed by atoms with E-state index >= 15 is 0 Å². The number of ether oxygens (including phenoxy) is 4. The molecular weight excluding hydrogens is 679 g/mol. The lowest BCUT2D eigenvalue weighted by atomic mass is 9.80. The normalized spacial score (nSPS) is 20.6. The smallest absolute Gasteiger partial charge is 0.264 e. The summed E-state index contributed by atoms with van der Waals surface area (Å²) in [5.74, 6) is -0.376. The van der Waals surface area contributed by atoms with Gasteiger partial charge in [0.25, 0.3) is 10.1 Å². The summed E-state index contributed by atoms with van der Waals surface area (Å²) in [5, 5.41) is 2.91.